The van der Waals surface area contributed by atoms with Crippen LogP contribution in [-0.4, -0.2) is 24.9 Å². The summed E-state index contributed by atoms with van der Waals surface area (Å²) in [4.78, 5) is 10.6. The maximum Gasteiger partial charge on any atom is 0.404 e. The second-order valence-electron chi connectivity index (χ2n) is 5.23. The SMILES string of the molecule is C=CC(CNC(=O)O)c1ccc(OCc2ccc(OC)cc2)cc1. The molecule has 2 aromatic carbocycles. The molecule has 0 heterocycles. The van der Waals surface area contributed by atoms with E-state index in [0.29, 0.717) is 13.2 Å². The van der Waals surface area contributed by atoms with Gasteiger partial charge in [0.05, 0.1) is 7.11 Å². The van der Waals surface area contributed by atoms with Crippen molar-refractivity contribution in [2.24, 2.45) is 0 Å². The number of methoxy groups -OCH3 is 1. The highest BCUT2D eigenvalue weighted by molar-refractivity contribution is 5.64. The van der Waals surface area contributed by atoms with E-state index in [0.717, 1.165) is 22.6 Å². The molecule has 126 valence electrons. The van der Waals surface area contributed by atoms with Crippen molar-refractivity contribution in [2.45, 2.75) is 12.5 Å². The zero-order valence-corrected chi connectivity index (χ0v) is 13.6. The number of ether oxygens (including phenoxy) is 2. The minimum absolute atomic E-state index is 0.0725. The standard InChI is InChI=1S/C19H21NO4/c1-3-15(12-20-19(21)22)16-6-10-18(11-7-16)24-13-14-4-8-17(23-2)9-5-14/h3-11,15,20H,1,12-13H2,2H3,(H,21,22). The van der Waals surface area contributed by atoms with Gasteiger partial charge in [-0.2, -0.15) is 0 Å². The number of hydrogen-bond donors (Lipinski definition) is 2. The molecule has 1 atom stereocenters. The van der Waals surface area contributed by atoms with E-state index in [1.165, 1.54) is 0 Å². The van der Waals surface area contributed by atoms with Crippen LogP contribution in [-0.2, 0) is 6.61 Å². The monoisotopic (exact) mass is 327 g/mol. The Morgan fingerprint density at radius 2 is 1.79 bits per heavy atom. The normalized spacial score (nSPS) is 11.4. The van der Waals surface area contributed by atoms with Gasteiger partial charge in [0, 0.05) is 12.5 Å². The quantitative estimate of drug-likeness (QED) is 0.724. The highest BCUT2D eigenvalue weighted by Crippen LogP contribution is 2.21. The Kier molecular flexibility index (Phi) is 6.25. The van der Waals surface area contributed by atoms with Crippen LogP contribution in [0.5, 0.6) is 11.5 Å². The second kappa shape index (κ2) is 8.62. The lowest BCUT2D eigenvalue weighted by Gasteiger charge is -2.14. The van der Waals surface area contributed by atoms with Gasteiger partial charge in [0.15, 0.2) is 0 Å². The van der Waals surface area contributed by atoms with Crippen molar-refractivity contribution < 1.29 is 19.4 Å². The number of nitrogens with one attached hydrogen (secondary N) is 1. The van der Waals surface area contributed by atoms with Gasteiger partial charge >= 0.3 is 6.09 Å². The minimum atomic E-state index is -1.04. The summed E-state index contributed by atoms with van der Waals surface area (Å²) in [5.74, 6) is 1.49. The van der Waals surface area contributed by atoms with Crippen LogP contribution in [0.2, 0.25) is 0 Å². The smallest absolute Gasteiger partial charge is 0.404 e. The number of hydrogen-bond acceptors (Lipinski definition) is 3. The van der Waals surface area contributed by atoms with E-state index >= 15 is 0 Å². The molecule has 5 nitrogen and oxygen atoms in total. The summed E-state index contributed by atoms with van der Waals surface area (Å²) in [6, 6.07) is 15.3. The number of amides is 1. The molecular weight excluding hydrogens is 306 g/mol. The van der Waals surface area contributed by atoms with Gasteiger partial charge in [0.2, 0.25) is 0 Å². The highest BCUT2D eigenvalue weighted by Gasteiger charge is 2.09. The van der Waals surface area contributed by atoms with Gasteiger partial charge in [-0.1, -0.05) is 30.3 Å². The summed E-state index contributed by atoms with van der Waals surface area (Å²) in [6.45, 7) is 4.52. The van der Waals surface area contributed by atoms with Crippen LogP contribution < -0.4 is 14.8 Å². The molecule has 0 aromatic heterocycles. The van der Waals surface area contributed by atoms with Gasteiger partial charge in [-0.15, -0.1) is 6.58 Å². The first-order valence-corrected chi connectivity index (χ1v) is 7.57. The average molecular weight is 327 g/mol. The maximum atomic E-state index is 10.6. The average Bonchev–Trinajstić information content (AvgIpc) is 2.61. The first kappa shape index (κ1) is 17.4. The lowest BCUT2D eigenvalue weighted by atomic mass is 9.99. The zero-order valence-electron chi connectivity index (χ0n) is 13.6. The molecule has 0 fully saturated rings. The third kappa shape index (κ3) is 5.05. The van der Waals surface area contributed by atoms with Crippen LogP contribution >= 0.6 is 0 Å². The Bertz CT molecular complexity index is 665. The predicted octanol–water partition coefficient (Wildman–Crippen LogP) is 3.81. The summed E-state index contributed by atoms with van der Waals surface area (Å²) in [5.41, 5.74) is 2.03. The van der Waals surface area contributed by atoms with Gasteiger partial charge in [0.25, 0.3) is 0 Å². The topological polar surface area (TPSA) is 67.8 Å². The molecule has 1 amide bonds. The summed E-state index contributed by atoms with van der Waals surface area (Å²) in [6.07, 6.45) is 0.685. The van der Waals surface area contributed by atoms with Crippen molar-refractivity contribution in [3.8, 4) is 11.5 Å². The van der Waals surface area contributed by atoms with Gasteiger partial charge in [-0.3, -0.25) is 0 Å². The Hall–Kier alpha value is -2.95. The molecule has 0 aliphatic carbocycles. The number of carboxylic acid groups (broad SMARTS) is 1. The lowest BCUT2D eigenvalue weighted by molar-refractivity contribution is 0.194. The predicted molar refractivity (Wildman–Crippen MR) is 92.7 cm³/mol. The van der Waals surface area contributed by atoms with Crippen LogP contribution in [0, 0.1) is 0 Å². The molecule has 0 bridgehead atoms. The van der Waals surface area contributed by atoms with Crippen molar-refractivity contribution in [3.63, 3.8) is 0 Å². The second-order valence-corrected chi connectivity index (χ2v) is 5.23. The number of rotatable bonds is 8. The molecule has 0 aliphatic heterocycles. The van der Waals surface area contributed by atoms with E-state index in [2.05, 4.69) is 11.9 Å². The summed E-state index contributed by atoms with van der Waals surface area (Å²) < 4.78 is 10.9. The van der Waals surface area contributed by atoms with Crippen LogP contribution in [0.4, 0.5) is 4.79 Å². The Morgan fingerprint density at radius 3 is 2.33 bits per heavy atom. The molecule has 0 saturated carbocycles. The Balaban J connectivity index is 1.92. The lowest BCUT2D eigenvalue weighted by Crippen LogP contribution is -2.25. The number of carbonyl (C=O) groups is 1. The summed E-state index contributed by atoms with van der Waals surface area (Å²) in [7, 11) is 1.63. The Morgan fingerprint density at radius 1 is 1.17 bits per heavy atom. The molecule has 24 heavy (non-hydrogen) atoms. The fourth-order valence-corrected chi connectivity index (χ4v) is 2.23. The fourth-order valence-electron chi connectivity index (χ4n) is 2.23. The molecular formula is C19H21NO4. The van der Waals surface area contributed by atoms with Crippen LogP contribution in [0.3, 0.4) is 0 Å². The molecule has 5 heteroatoms. The van der Waals surface area contributed by atoms with Crippen molar-refractivity contribution in [2.75, 3.05) is 13.7 Å². The summed E-state index contributed by atoms with van der Waals surface area (Å²) in [5, 5.41) is 11.1. The van der Waals surface area contributed by atoms with Crippen LogP contribution in [0.1, 0.15) is 17.0 Å². The molecule has 2 N–H and O–H groups in total. The highest BCUT2D eigenvalue weighted by atomic mass is 16.5. The van der Waals surface area contributed by atoms with Crippen molar-refractivity contribution in [3.05, 3.63) is 72.3 Å². The first-order chi connectivity index (χ1) is 11.6. The van der Waals surface area contributed by atoms with E-state index in [1.807, 2.05) is 48.5 Å². The molecule has 0 aliphatic rings. The first-order valence-electron chi connectivity index (χ1n) is 7.57. The third-order valence-corrected chi connectivity index (χ3v) is 3.63. The van der Waals surface area contributed by atoms with E-state index in [1.54, 1.807) is 13.2 Å². The van der Waals surface area contributed by atoms with Crippen LogP contribution in [0.15, 0.2) is 61.2 Å². The molecule has 2 aromatic rings. The van der Waals surface area contributed by atoms with E-state index in [9.17, 15) is 4.79 Å². The third-order valence-electron chi connectivity index (χ3n) is 3.63. The van der Waals surface area contributed by atoms with Gasteiger partial charge in [-0.25, -0.2) is 4.79 Å². The van der Waals surface area contributed by atoms with E-state index < -0.39 is 6.09 Å². The van der Waals surface area contributed by atoms with Crippen molar-refractivity contribution >= 4 is 6.09 Å². The van der Waals surface area contributed by atoms with Crippen molar-refractivity contribution in [1.82, 2.24) is 5.32 Å². The summed E-state index contributed by atoms with van der Waals surface area (Å²) >= 11 is 0. The molecule has 1 unspecified atom stereocenters. The van der Waals surface area contributed by atoms with Crippen molar-refractivity contribution in [1.29, 1.82) is 0 Å². The van der Waals surface area contributed by atoms with E-state index in [-0.39, 0.29) is 5.92 Å². The largest absolute Gasteiger partial charge is 0.497 e. The van der Waals surface area contributed by atoms with Gasteiger partial charge in [-0.05, 0) is 35.4 Å². The molecule has 0 radical (unpaired) electrons. The van der Waals surface area contributed by atoms with Gasteiger partial charge in [0.1, 0.15) is 18.1 Å². The number of benzene rings is 2. The molecule has 2 rings (SSSR count). The van der Waals surface area contributed by atoms with Gasteiger partial charge < -0.3 is 19.9 Å². The van der Waals surface area contributed by atoms with Crippen LogP contribution in [0.25, 0.3) is 0 Å². The molecule has 0 spiro atoms. The maximum absolute atomic E-state index is 10.6. The minimum Gasteiger partial charge on any atom is -0.497 e. The Labute approximate surface area is 141 Å². The van der Waals surface area contributed by atoms with E-state index in [4.69, 9.17) is 14.6 Å². The zero-order chi connectivity index (χ0) is 17.4. The fraction of sp³-hybridized carbons (Fsp3) is 0.211. The molecule has 0 saturated heterocycles.